The van der Waals surface area contributed by atoms with Crippen LogP contribution in [0.25, 0.3) is 0 Å². The molecule has 1 aliphatic heterocycles. The van der Waals surface area contributed by atoms with Crippen LogP contribution in [0, 0.1) is 5.82 Å². The number of carbonyl (C=O) groups is 2. The fraction of sp³-hybridized carbons (Fsp3) is 0.167. The number of amides is 2. The van der Waals surface area contributed by atoms with Crippen LogP contribution in [-0.2, 0) is 4.79 Å². The highest BCUT2D eigenvalue weighted by Gasteiger charge is 2.34. The topological polar surface area (TPSA) is 58.6 Å². The average Bonchev–Trinajstić information content (AvgIpc) is 2.90. The standard InChI is InChI=1S/C24H20ClFN2O3/c1-2-31-19-10-5-16(6-11-19)24(30)28-14-22(29)27-21-12-7-17(25)13-20(21)23(28)15-3-8-18(26)9-4-15/h3-13,23H,2,14H2,1H3,(H,27,29). The van der Waals surface area contributed by atoms with Gasteiger partial charge in [-0.15, -0.1) is 0 Å². The Balaban J connectivity index is 1.82. The molecule has 0 aliphatic carbocycles. The van der Waals surface area contributed by atoms with Crippen molar-refractivity contribution in [1.29, 1.82) is 0 Å². The quantitative estimate of drug-likeness (QED) is 0.619. The van der Waals surface area contributed by atoms with Crippen LogP contribution in [0.5, 0.6) is 5.75 Å². The lowest BCUT2D eigenvalue weighted by atomic mass is 9.95. The number of ether oxygens (including phenoxy) is 1. The van der Waals surface area contributed by atoms with Crippen molar-refractivity contribution in [3.8, 4) is 5.75 Å². The fourth-order valence-corrected chi connectivity index (χ4v) is 3.88. The molecule has 0 saturated carbocycles. The van der Waals surface area contributed by atoms with Gasteiger partial charge in [0.15, 0.2) is 0 Å². The van der Waals surface area contributed by atoms with E-state index in [0.717, 1.165) is 0 Å². The Kier molecular flexibility index (Phi) is 5.91. The van der Waals surface area contributed by atoms with Crippen molar-refractivity contribution >= 4 is 29.1 Å². The van der Waals surface area contributed by atoms with Gasteiger partial charge < -0.3 is 15.0 Å². The number of halogens is 2. The number of anilines is 1. The van der Waals surface area contributed by atoms with Gasteiger partial charge in [-0.3, -0.25) is 9.59 Å². The van der Waals surface area contributed by atoms with E-state index in [1.165, 1.54) is 17.0 Å². The van der Waals surface area contributed by atoms with Crippen molar-refractivity contribution in [3.05, 3.63) is 94.3 Å². The number of hydrogen-bond acceptors (Lipinski definition) is 3. The minimum Gasteiger partial charge on any atom is -0.494 e. The highest BCUT2D eigenvalue weighted by atomic mass is 35.5. The molecule has 2 amide bonds. The van der Waals surface area contributed by atoms with E-state index in [-0.39, 0.29) is 24.2 Å². The number of carbonyl (C=O) groups excluding carboxylic acids is 2. The molecule has 1 N–H and O–H groups in total. The number of benzene rings is 3. The summed E-state index contributed by atoms with van der Waals surface area (Å²) >= 11 is 6.25. The smallest absolute Gasteiger partial charge is 0.255 e. The molecule has 0 radical (unpaired) electrons. The minimum absolute atomic E-state index is 0.166. The lowest BCUT2D eigenvalue weighted by Gasteiger charge is -2.30. The minimum atomic E-state index is -0.632. The van der Waals surface area contributed by atoms with Crippen LogP contribution < -0.4 is 10.1 Å². The van der Waals surface area contributed by atoms with Gasteiger partial charge in [0.1, 0.15) is 18.1 Å². The summed E-state index contributed by atoms with van der Waals surface area (Å²) in [6, 6.07) is 17.1. The molecule has 0 bridgehead atoms. The molecule has 3 aromatic rings. The lowest BCUT2D eigenvalue weighted by molar-refractivity contribution is -0.117. The predicted octanol–water partition coefficient (Wildman–Crippen LogP) is 5.06. The molecule has 1 atom stereocenters. The highest BCUT2D eigenvalue weighted by Crippen LogP contribution is 2.38. The molecule has 3 aromatic carbocycles. The van der Waals surface area contributed by atoms with E-state index >= 15 is 0 Å². The van der Waals surface area contributed by atoms with Gasteiger partial charge in [0.05, 0.1) is 12.6 Å². The van der Waals surface area contributed by atoms with Crippen molar-refractivity contribution in [2.45, 2.75) is 13.0 Å². The molecule has 0 aromatic heterocycles. The summed E-state index contributed by atoms with van der Waals surface area (Å²) in [7, 11) is 0. The van der Waals surface area contributed by atoms with Crippen molar-refractivity contribution in [3.63, 3.8) is 0 Å². The summed E-state index contributed by atoms with van der Waals surface area (Å²) in [5, 5.41) is 3.31. The molecular weight excluding hydrogens is 419 g/mol. The average molecular weight is 439 g/mol. The molecule has 7 heteroatoms. The second-order valence-corrected chi connectivity index (χ2v) is 7.56. The Morgan fingerprint density at radius 1 is 1.13 bits per heavy atom. The molecule has 1 unspecified atom stereocenters. The van der Waals surface area contributed by atoms with E-state index in [4.69, 9.17) is 16.3 Å². The summed E-state index contributed by atoms with van der Waals surface area (Å²) < 4.78 is 19.0. The van der Waals surface area contributed by atoms with Crippen molar-refractivity contribution < 1.29 is 18.7 Å². The second kappa shape index (κ2) is 8.78. The Morgan fingerprint density at radius 3 is 2.52 bits per heavy atom. The number of rotatable bonds is 4. The lowest BCUT2D eigenvalue weighted by Crippen LogP contribution is -2.39. The third-order valence-corrected chi connectivity index (χ3v) is 5.30. The van der Waals surface area contributed by atoms with Gasteiger partial charge in [-0.1, -0.05) is 23.7 Å². The van der Waals surface area contributed by atoms with Crippen LogP contribution >= 0.6 is 11.6 Å². The largest absolute Gasteiger partial charge is 0.494 e. The van der Waals surface area contributed by atoms with Gasteiger partial charge in [0.2, 0.25) is 5.91 Å². The monoisotopic (exact) mass is 438 g/mol. The predicted molar refractivity (Wildman–Crippen MR) is 117 cm³/mol. The van der Waals surface area contributed by atoms with Gasteiger partial charge >= 0.3 is 0 Å². The maximum atomic E-state index is 13.6. The van der Waals surface area contributed by atoms with E-state index in [2.05, 4.69) is 5.32 Å². The van der Waals surface area contributed by atoms with E-state index in [1.807, 2.05) is 6.92 Å². The molecule has 0 spiro atoms. The number of hydrogen-bond donors (Lipinski definition) is 1. The van der Waals surface area contributed by atoms with E-state index in [9.17, 15) is 14.0 Å². The molecule has 5 nitrogen and oxygen atoms in total. The highest BCUT2D eigenvalue weighted by molar-refractivity contribution is 6.30. The van der Waals surface area contributed by atoms with Crippen LogP contribution in [0.4, 0.5) is 10.1 Å². The first-order valence-corrected chi connectivity index (χ1v) is 10.2. The number of fused-ring (bicyclic) bond motifs is 1. The number of nitrogens with zero attached hydrogens (tertiary/aromatic N) is 1. The van der Waals surface area contributed by atoms with Crippen LogP contribution in [-0.4, -0.2) is 29.9 Å². The third kappa shape index (κ3) is 4.39. The molecule has 1 heterocycles. The van der Waals surface area contributed by atoms with Crippen LogP contribution in [0.2, 0.25) is 5.02 Å². The summed E-state index contributed by atoms with van der Waals surface area (Å²) in [4.78, 5) is 27.6. The maximum Gasteiger partial charge on any atom is 0.255 e. The zero-order valence-corrected chi connectivity index (χ0v) is 17.5. The van der Waals surface area contributed by atoms with E-state index in [0.29, 0.717) is 39.8 Å². The van der Waals surface area contributed by atoms with Gasteiger partial charge in [0.25, 0.3) is 5.91 Å². The molecule has 1 aliphatic rings. The molecule has 158 valence electrons. The van der Waals surface area contributed by atoms with Crippen LogP contribution in [0.15, 0.2) is 66.7 Å². The molecule has 0 saturated heterocycles. The second-order valence-electron chi connectivity index (χ2n) is 7.12. The van der Waals surface area contributed by atoms with Gasteiger partial charge in [0, 0.05) is 21.8 Å². The Bertz CT molecular complexity index is 1120. The van der Waals surface area contributed by atoms with E-state index in [1.54, 1.807) is 54.6 Å². The summed E-state index contributed by atoms with van der Waals surface area (Å²) in [5.41, 5.74) is 2.30. The summed E-state index contributed by atoms with van der Waals surface area (Å²) in [6.07, 6.45) is 0. The first kappa shape index (κ1) is 20.9. The van der Waals surface area contributed by atoms with Gasteiger partial charge in [-0.2, -0.15) is 0 Å². The van der Waals surface area contributed by atoms with Gasteiger partial charge in [-0.25, -0.2) is 4.39 Å². The molecule has 4 rings (SSSR count). The fourth-order valence-electron chi connectivity index (χ4n) is 3.70. The first-order valence-electron chi connectivity index (χ1n) is 9.85. The van der Waals surface area contributed by atoms with E-state index < -0.39 is 6.04 Å². The SMILES string of the molecule is CCOc1ccc(C(=O)N2CC(=O)Nc3ccc(Cl)cc3C2c2ccc(F)cc2)cc1. The first-order chi connectivity index (χ1) is 15.0. The normalized spacial score (nSPS) is 15.6. The van der Waals surface area contributed by atoms with Crippen molar-refractivity contribution in [2.24, 2.45) is 0 Å². The zero-order valence-electron chi connectivity index (χ0n) is 16.8. The molecule has 0 fully saturated rings. The molecular formula is C24H20ClFN2O3. The summed E-state index contributed by atoms with van der Waals surface area (Å²) in [5.74, 6) is -0.394. The Labute approximate surface area is 184 Å². The Morgan fingerprint density at radius 2 is 1.84 bits per heavy atom. The van der Waals surface area contributed by atoms with Crippen LogP contribution in [0.3, 0.4) is 0 Å². The van der Waals surface area contributed by atoms with Crippen molar-refractivity contribution in [1.82, 2.24) is 4.90 Å². The third-order valence-electron chi connectivity index (χ3n) is 5.07. The van der Waals surface area contributed by atoms with Crippen molar-refractivity contribution in [2.75, 3.05) is 18.5 Å². The number of nitrogens with one attached hydrogen (secondary N) is 1. The summed E-state index contributed by atoms with van der Waals surface area (Å²) in [6.45, 7) is 2.23. The maximum absolute atomic E-state index is 13.6. The van der Waals surface area contributed by atoms with Crippen LogP contribution in [0.1, 0.15) is 34.5 Å². The molecule has 31 heavy (non-hydrogen) atoms. The zero-order chi connectivity index (χ0) is 22.0. The van der Waals surface area contributed by atoms with Gasteiger partial charge in [-0.05, 0) is 67.1 Å². The Hall–Kier alpha value is -3.38.